The first-order valence-corrected chi connectivity index (χ1v) is 8.66. The maximum atomic E-state index is 12.1. The first kappa shape index (κ1) is 20.6. The lowest BCUT2D eigenvalue weighted by Gasteiger charge is -2.11. The molecule has 11 heteroatoms. The van der Waals surface area contributed by atoms with Gasteiger partial charge in [0.05, 0.1) is 29.3 Å². The van der Waals surface area contributed by atoms with Crippen LogP contribution in [-0.4, -0.2) is 35.1 Å². The van der Waals surface area contributed by atoms with Crippen LogP contribution >= 0.6 is 0 Å². The number of aromatic nitrogens is 1. The van der Waals surface area contributed by atoms with Gasteiger partial charge in [0.25, 0.3) is 11.6 Å². The maximum Gasteiger partial charge on any atom is 0.420 e. The Bertz CT molecular complexity index is 1190. The van der Waals surface area contributed by atoms with E-state index in [1.165, 1.54) is 19.2 Å². The Kier molecular flexibility index (Phi) is 5.81. The molecule has 11 nitrogen and oxygen atoms in total. The number of nitrogens with zero attached hydrogens (tertiary/aromatic N) is 2. The summed E-state index contributed by atoms with van der Waals surface area (Å²) in [6.07, 6.45) is 0. The van der Waals surface area contributed by atoms with Crippen molar-refractivity contribution in [1.82, 2.24) is 4.57 Å². The predicted octanol–water partition coefficient (Wildman–Crippen LogP) is 2.00. The quantitative estimate of drug-likeness (QED) is 0.351. The van der Waals surface area contributed by atoms with Gasteiger partial charge in [0.15, 0.2) is 12.2 Å². The number of carbonyl (C=O) groups is 2. The minimum atomic E-state index is -0.878. The normalized spacial score (nSPS) is 10.6. The molecule has 1 aromatic heterocycles. The van der Waals surface area contributed by atoms with Gasteiger partial charge in [-0.2, -0.15) is 0 Å². The van der Waals surface area contributed by atoms with E-state index in [0.29, 0.717) is 11.4 Å². The number of anilines is 1. The minimum absolute atomic E-state index is 0.0358. The topological polar surface area (TPSA) is 143 Å². The molecule has 0 bridgehead atoms. The number of fused-ring (bicyclic) bond motifs is 1. The number of nitro groups is 1. The number of ether oxygens (including phenoxy) is 2. The van der Waals surface area contributed by atoms with Crippen molar-refractivity contribution >= 4 is 34.4 Å². The summed E-state index contributed by atoms with van der Waals surface area (Å²) < 4.78 is 16.0. The van der Waals surface area contributed by atoms with Crippen molar-refractivity contribution in [3.63, 3.8) is 0 Å². The Hall–Kier alpha value is -4.15. The molecule has 0 radical (unpaired) electrons. The number of non-ortho nitro benzene ring substituents is 1. The van der Waals surface area contributed by atoms with Gasteiger partial charge in [0.1, 0.15) is 12.3 Å². The molecule has 0 aliphatic heterocycles. The van der Waals surface area contributed by atoms with Crippen molar-refractivity contribution in [2.24, 2.45) is 0 Å². The molecule has 0 aliphatic carbocycles. The van der Waals surface area contributed by atoms with E-state index in [2.05, 4.69) is 5.32 Å². The van der Waals surface area contributed by atoms with Crippen molar-refractivity contribution in [1.29, 1.82) is 0 Å². The van der Waals surface area contributed by atoms with E-state index in [1.54, 1.807) is 12.1 Å². The summed E-state index contributed by atoms with van der Waals surface area (Å²) in [6.45, 7) is 0.743. The van der Waals surface area contributed by atoms with Crippen molar-refractivity contribution in [2.45, 2.75) is 13.5 Å². The van der Waals surface area contributed by atoms with Gasteiger partial charge < -0.3 is 19.2 Å². The standard InChI is InChI=1S/C19H17N3O8/c1-11-3-6-15(28-2)13(7-11)20-17(23)10-29-18(24)9-21-14-5-4-12(22(26)27)8-16(14)30-19(21)25/h3-8H,9-10H2,1-2H3,(H,20,23). The fraction of sp³-hybridized carbons (Fsp3) is 0.211. The fourth-order valence-corrected chi connectivity index (χ4v) is 2.74. The molecule has 0 aliphatic rings. The van der Waals surface area contributed by atoms with Gasteiger partial charge in [-0.05, 0) is 30.7 Å². The monoisotopic (exact) mass is 415 g/mol. The molecule has 0 saturated heterocycles. The number of hydrogen-bond donors (Lipinski definition) is 1. The van der Waals surface area contributed by atoms with Crippen LogP contribution in [0, 0.1) is 17.0 Å². The SMILES string of the molecule is COc1ccc(C)cc1NC(=O)COC(=O)Cn1c(=O)oc2cc([N+](=O)[O-])ccc21. The first-order valence-electron chi connectivity index (χ1n) is 8.66. The molecule has 0 fully saturated rings. The van der Waals surface area contributed by atoms with E-state index in [4.69, 9.17) is 13.9 Å². The fourth-order valence-electron chi connectivity index (χ4n) is 2.74. The lowest BCUT2D eigenvalue weighted by Crippen LogP contribution is -2.26. The molecular formula is C19H17N3O8. The molecule has 2 aromatic carbocycles. The highest BCUT2D eigenvalue weighted by Crippen LogP contribution is 2.25. The van der Waals surface area contributed by atoms with Gasteiger partial charge in [0.2, 0.25) is 0 Å². The van der Waals surface area contributed by atoms with Crippen molar-refractivity contribution in [2.75, 3.05) is 19.0 Å². The Morgan fingerprint density at radius 3 is 2.70 bits per heavy atom. The number of methoxy groups -OCH3 is 1. The number of nitrogens with one attached hydrogen (secondary N) is 1. The highest BCUT2D eigenvalue weighted by atomic mass is 16.6. The molecule has 0 spiro atoms. The largest absolute Gasteiger partial charge is 0.495 e. The van der Waals surface area contributed by atoms with E-state index < -0.39 is 35.7 Å². The number of rotatable bonds is 7. The van der Waals surface area contributed by atoms with Crippen LogP contribution in [0.4, 0.5) is 11.4 Å². The summed E-state index contributed by atoms with van der Waals surface area (Å²) in [6, 6.07) is 8.77. The van der Waals surface area contributed by atoms with Gasteiger partial charge >= 0.3 is 11.7 Å². The van der Waals surface area contributed by atoms with E-state index in [0.717, 1.165) is 16.2 Å². The summed E-state index contributed by atoms with van der Waals surface area (Å²) >= 11 is 0. The third kappa shape index (κ3) is 4.46. The van der Waals surface area contributed by atoms with E-state index in [9.17, 15) is 24.5 Å². The Balaban J connectivity index is 1.64. The summed E-state index contributed by atoms with van der Waals surface area (Å²) in [5, 5.41) is 13.4. The Morgan fingerprint density at radius 1 is 1.23 bits per heavy atom. The second-order valence-corrected chi connectivity index (χ2v) is 6.28. The molecular weight excluding hydrogens is 398 g/mol. The summed E-state index contributed by atoms with van der Waals surface area (Å²) in [5.41, 5.74) is 1.23. The third-order valence-electron chi connectivity index (χ3n) is 4.14. The second-order valence-electron chi connectivity index (χ2n) is 6.28. The van der Waals surface area contributed by atoms with Crippen molar-refractivity contribution in [3.8, 4) is 5.75 Å². The van der Waals surface area contributed by atoms with Crippen LogP contribution in [-0.2, 0) is 20.9 Å². The number of esters is 1. The van der Waals surface area contributed by atoms with Gasteiger partial charge in [-0.15, -0.1) is 0 Å². The number of oxazole rings is 1. The Morgan fingerprint density at radius 2 is 2.00 bits per heavy atom. The number of carbonyl (C=O) groups excluding carboxylic acids is 2. The molecule has 1 N–H and O–H groups in total. The van der Waals surface area contributed by atoms with Crippen LogP contribution in [0.25, 0.3) is 11.1 Å². The Labute approximate surface area is 168 Å². The zero-order valence-electron chi connectivity index (χ0n) is 16.0. The lowest BCUT2D eigenvalue weighted by molar-refractivity contribution is -0.384. The highest BCUT2D eigenvalue weighted by Gasteiger charge is 2.17. The van der Waals surface area contributed by atoms with E-state index >= 15 is 0 Å². The van der Waals surface area contributed by atoms with Crippen LogP contribution in [0.2, 0.25) is 0 Å². The molecule has 0 atom stereocenters. The van der Waals surface area contributed by atoms with Crippen LogP contribution in [0.15, 0.2) is 45.6 Å². The molecule has 3 rings (SSSR count). The molecule has 156 valence electrons. The summed E-state index contributed by atoms with van der Waals surface area (Å²) in [4.78, 5) is 46.3. The molecule has 0 saturated carbocycles. The van der Waals surface area contributed by atoms with Crippen LogP contribution in [0.3, 0.4) is 0 Å². The van der Waals surface area contributed by atoms with Gasteiger partial charge in [-0.3, -0.25) is 24.3 Å². The van der Waals surface area contributed by atoms with Crippen molar-refractivity contribution < 1.29 is 28.4 Å². The lowest BCUT2D eigenvalue weighted by atomic mass is 10.2. The third-order valence-corrected chi connectivity index (χ3v) is 4.14. The average Bonchev–Trinajstić information content (AvgIpc) is 3.01. The molecule has 30 heavy (non-hydrogen) atoms. The zero-order valence-corrected chi connectivity index (χ0v) is 16.0. The molecule has 1 heterocycles. The number of amides is 1. The maximum absolute atomic E-state index is 12.1. The zero-order chi connectivity index (χ0) is 21.8. The van der Waals surface area contributed by atoms with Crippen LogP contribution in [0.5, 0.6) is 5.75 Å². The summed E-state index contributed by atoms with van der Waals surface area (Å²) in [7, 11) is 1.46. The van der Waals surface area contributed by atoms with Crippen molar-refractivity contribution in [3.05, 3.63) is 62.6 Å². The van der Waals surface area contributed by atoms with Gasteiger partial charge in [-0.25, -0.2) is 4.79 Å². The smallest absolute Gasteiger partial charge is 0.420 e. The van der Waals surface area contributed by atoms with E-state index in [-0.39, 0.29) is 16.8 Å². The minimum Gasteiger partial charge on any atom is -0.495 e. The van der Waals surface area contributed by atoms with E-state index in [1.807, 2.05) is 13.0 Å². The second kappa shape index (κ2) is 8.47. The molecule has 0 unspecified atom stereocenters. The summed E-state index contributed by atoms with van der Waals surface area (Å²) in [5.74, 6) is -1.88. The molecule has 3 aromatic rings. The predicted molar refractivity (Wildman–Crippen MR) is 104 cm³/mol. The van der Waals surface area contributed by atoms with Gasteiger partial charge in [0, 0.05) is 6.07 Å². The number of nitro benzene ring substituents is 1. The van der Waals surface area contributed by atoms with Gasteiger partial charge in [-0.1, -0.05) is 6.07 Å². The average molecular weight is 415 g/mol. The first-order chi connectivity index (χ1) is 14.3. The number of hydrogen-bond acceptors (Lipinski definition) is 8. The molecule has 1 amide bonds. The highest BCUT2D eigenvalue weighted by molar-refractivity contribution is 5.94. The number of benzene rings is 2. The number of aryl methyl sites for hydroxylation is 1. The van der Waals surface area contributed by atoms with Crippen LogP contribution in [0.1, 0.15) is 5.56 Å². The van der Waals surface area contributed by atoms with Crippen LogP contribution < -0.4 is 15.8 Å².